The van der Waals surface area contributed by atoms with Crippen LogP contribution in [0.2, 0.25) is 0 Å². The summed E-state index contributed by atoms with van der Waals surface area (Å²) >= 11 is 0. The topological polar surface area (TPSA) is 153 Å². The van der Waals surface area contributed by atoms with Crippen molar-refractivity contribution in [2.75, 3.05) is 0 Å². The minimum absolute atomic E-state index is 0.0294. The monoisotopic (exact) mass is 464 g/mol. The molecule has 0 aromatic rings. The number of hydrogen-bond donors (Lipinski definition) is 4. The molecule has 0 spiro atoms. The van der Waals surface area contributed by atoms with Crippen molar-refractivity contribution in [2.45, 2.75) is 127 Å². The highest BCUT2D eigenvalue weighted by atomic mass is 16.7. The highest BCUT2D eigenvalue weighted by Crippen LogP contribution is 2.35. The number of carbonyl (C=O) groups excluding carboxylic acids is 1. The van der Waals surface area contributed by atoms with Gasteiger partial charge >= 0.3 is 5.97 Å². The van der Waals surface area contributed by atoms with Gasteiger partial charge in [0.1, 0.15) is 17.8 Å². The first-order valence-electron chi connectivity index (χ1n) is 11.1. The van der Waals surface area contributed by atoms with Crippen LogP contribution >= 0.6 is 0 Å². The molecule has 186 valence electrons. The number of esters is 1. The van der Waals surface area contributed by atoms with Crippen LogP contribution in [-0.4, -0.2) is 99.7 Å². The van der Waals surface area contributed by atoms with E-state index >= 15 is 0 Å². The van der Waals surface area contributed by atoms with Gasteiger partial charge in [-0.3, -0.25) is 4.79 Å². The summed E-state index contributed by atoms with van der Waals surface area (Å²) < 4.78 is 33.8. The van der Waals surface area contributed by atoms with Crippen LogP contribution in [0.3, 0.4) is 0 Å². The lowest BCUT2D eigenvalue weighted by atomic mass is 9.88. The van der Waals surface area contributed by atoms with Crippen molar-refractivity contribution >= 4 is 5.97 Å². The second-order valence-electron chi connectivity index (χ2n) is 9.23. The summed E-state index contributed by atoms with van der Waals surface area (Å²) in [6, 6.07) is 0. The van der Waals surface area contributed by atoms with Gasteiger partial charge in [0, 0.05) is 26.2 Å². The zero-order valence-electron chi connectivity index (χ0n) is 19.1. The normalized spacial score (nSPS) is 50.1. The lowest BCUT2D eigenvalue weighted by Crippen LogP contribution is -2.59. The molecule has 0 radical (unpaired) electrons. The Morgan fingerprint density at radius 1 is 0.875 bits per heavy atom. The number of aliphatic hydroxyl groups excluding tert-OH is 3. The summed E-state index contributed by atoms with van der Waals surface area (Å²) in [5.74, 6) is -0.520. The van der Waals surface area contributed by atoms with Crippen molar-refractivity contribution in [3.8, 4) is 0 Å². The molecule has 0 aliphatic carbocycles. The molecule has 3 rings (SSSR count). The van der Waals surface area contributed by atoms with Crippen LogP contribution in [0.15, 0.2) is 0 Å². The van der Waals surface area contributed by atoms with Crippen LogP contribution in [0.5, 0.6) is 0 Å². The Bertz CT molecular complexity index is 643. The van der Waals surface area contributed by atoms with Gasteiger partial charge in [-0.1, -0.05) is 0 Å². The first-order chi connectivity index (χ1) is 14.9. The molecule has 3 fully saturated rings. The van der Waals surface area contributed by atoms with Crippen molar-refractivity contribution in [2.24, 2.45) is 0 Å². The molecular formula is C21H36O11. The standard InChI is InChI=1S/C21H36O11/c1-9-18(24)13(6-15(23)27-9)31-16-7-14(19(25)10(2)28-16)32-17-8-21(5,26)20(11(3)29-17)30-12(4)22/h9-11,13-20,23-26H,6-8H2,1-5H3/t9-,10-,11+,13-,14-,15-,16+,17+,18+,19-,20+,21+/m1/s1. The summed E-state index contributed by atoms with van der Waals surface area (Å²) in [5.41, 5.74) is -1.38. The first-order valence-corrected chi connectivity index (χ1v) is 11.1. The third-order valence-electron chi connectivity index (χ3n) is 6.25. The van der Waals surface area contributed by atoms with E-state index in [1.54, 1.807) is 27.7 Å². The lowest BCUT2D eigenvalue weighted by Gasteiger charge is -2.46. The fourth-order valence-electron chi connectivity index (χ4n) is 4.58. The Balaban J connectivity index is 1.62. The van der Waals surface area contributed by atoms with Crippen LogP contribution in [0.1, 0.15) is 53.9 Å². The predicted molar refractivity (Wildman–Crippen MR) is 107 cm³/mol. The summed E-state index contributed by atoms with van der Waals surface area (Å²) in [4.78, 5) is 11.4. The smallest absolute Gasteiger partial charge is 0.303 e. The van der Waals surface area contributed by atoms with Gasteiger partial charge in [-0.05, 0) is 27.7 Å². The minimum Gasteiger partial charge on any atom is -0.457 e. The van der Waals surface area contributed by atoms with E-state index in [9.17, 15) is 25.2 Å². The zero-order chi connectivity index (χ0) is 23.8. The molecule has 32 heavy (non-hydrogen) atoms. The quantitative estimate of drug-likeness (QED) is 0.392. The molecule has 0 aromatic carbocycles. The molecule has 4 N–H and O–H groups in total. The molecule has 0 amide bonds. The van der Waals surface area contributed by atoms with E-state index in [1.165, 1.54) is 6.92 Å². The molecule has 0 bridgehead atoms. The van der Waals surface area contributed by atoms with Crippen LogP contribution in [0.4, 0.5) is 0 Å². The van der Waals surface area contributed by atoms with Crippen LogP contribution in [0, 0.1) is 0 Å². The van der Waals surface area contributed by atoms with E-state index in [0.29, 0.717) is 0 Å². The number of carbonyl (C=O) groups is 1. The largest absolute Gasteiger partial charge is 0.457 e. The first kappa shape index (κ1) is 25.7. The van der Waals surface area contributed by atoms with E-state index in [1.807, 2.05) is 0 Å². The number of rotatable bonds is 5. The summed E-state index contributed by atoms with van der Waals surface area (Å²) in [7, 11) is 0. The molecule has 12 atom stereocenters. The molecule has 3 heterocycles. The molecular weight excluding hydrogens is 428 g/mol. The zero-order valence-corrected chi connectivity index (χ0v) is 19.1. The molecule has 3 aliphatic heterocycles. The maximum absolute atomic E-state index is 11.4. The van der Waals surface area contributed by atoms with Gasteiger partial charge < -0.3 is 48.8 Å². The van der Waals surface area contributed by atoms with Crippen molar-refractivity contribution in [3.05, 3.63) is 0 Å². The molecule has 0 unspecified atom stereocenters. The van der Waals surface area contributed by atoms with Crippen LogP contribution in [0.25, 0.3) is 0 Å². The highest BCUT2D eigenvalue weighted by Gasteiger charge is 2.49. The van der Waals surface area contributed by atoms with E-state index in [-0.39, 0.29) is 19.3 Å². The van der Waals surface area contributed by atoms with Gasteiger partial charge in [0.25, 0.3) is 0 Å². The van der Waals surface area contributed by atoms with E-state index in [4.69, 9.17) is 28.4 Å². The van der Waals surface area contributed by atoms with Gasteiger partial charge in [0.05, 0.1) is 30.5 Å². The van der Waals surface area contributed by atoms with E-state index in [0.717, 1.165) is 0 Å². The second kappa shape index (κ2) is 10.2. The summed E-state index contributed by atoms with van der Waals surface area (Å²) in [6.45, 7) is 7.79. The fourth-order valence-corrected chi connectivity index (χ4v) is 4.58. The maximum Gasteiger partial charge on any atom is 0.303 e. The van der Waals surface area contributed by atoms with Crippen molar-refractivity contribution in [1.82, 2.24) is 0 Å². The van der Waals surface area contributed by atoms with Gasteiger partial charge in [-0.15, -0.1) is 0 Å². The third kappa shape index (κ3) is 5.96. The van der Waals surface area contributed by atoms with Crippen LogP contribution in [-0.2, 0) is 33.2 Å². The summed E-state index contributed by atoms with van der Waals surface area (Å²) in [5, 5.41) is 41.5. The highest BCUT2D eigenvalue weighted by molar-refractivity contribution is 5.66. The number of ether oxygens (including phenoxy) is 6. The molecule has 3 aliphatic rings. The van der Waals surface area contributed by atoms with Crippen molar-refractivity contribution in [3.63, 3.8) is 0 Å². The van der Waals surface area contributed by atoms with Crippen LogP contribution < -0.4 is 0 Å². The average Bonchev–Trinajstić information content (AvgIpc) is 2.66. The number of aliphatic hydroxyl groups is 4. The average molecular weight is 465 g/mol. The molecule has 11 nitrogen and oxygen atoms in total. The Hall–Kier alpha value is -0.890. The number of hydrogen-bond acceptors (Lipinski definition) is 11. The molecule has 0 saturated carbocycles. The van der Waals surface area contributed by atoms with Gasteiger partial charge in [-0.2, -0.15) is 0 Å². The predicted octanol–water partition coefficient (Wildman–Crippen LogP) is -0.442. The third-order valence-corrected chi connectivity index (χ3v) is 6.25. The Morgan fingerprint density at radius 2 is 1.41 bits per heavy atom. The van der Waals surface area contributed by atoms with Gasteiger partial charge in [-0.25, -0.2) is 0 Å². The van der Waals surface area contributed by atoms with Gasteiger partial charge in [0.15, 0.2) is 25.0 Å². The molecule has 0 aromatic heterocycles. The Labute approximate surface area is 187 Å². The molecule has 3 saturated heterocycles. The lowest BCUT2D eigenvalue weighted by molar-refractivity contribution is -0.331. The Kier molecular flexibility index (Phi) is 8.17. The summed E-state index contributed by atoms with van der Waals surface area (Å²) in [6.07, 6.45) is -8.54. The maximum atomic E-state index is 11.4. The minimum atomic E-state index is -1.38. The van der Waals surface area contributed by atoms with Crippen molar-refractivity contribution in [1.29, 1.82) is 0 Å². The van der Waals surface area contributed by atoms with E-state index in [2.05, 4.69) is 0 Å². The second-order valence-corrected chi connectivity index (χ2v) is 9.23. The Morgan fingerprint density at radius 3 is 2.00 bits per heavy atom. The fraction of sp³-hybridized carbons (Fsp3) is 0.952. The molecule has 11 heteroatoms. The van der Waals surface area contributed by atoms with Crippen molar-refractivity contribution < 1.29 is 53.6 Å². The van der Waals surface area contributed by atoms with E-state index < -0.39 is 79.3 Å². The van der Waals surface area contributed by atoms with Gasteiger partial charge in [0.2, 0.25) is 0 Å². The SMILES string of the molecule is CC(=O)O[C@H]1[C@H](C)O[C@@H](O[C@@H]2C[C@H](O[C@@H]3C[C@H](O)O[C@H](C)[C@@H]3O)O[C@H](C)[C@H]2O)C[C@]1(C)O.